The molecule has 122 valence electrons. The van der Waals surface area contributed by atoms with Crippen LogP contribution in [0.25, 0.3) is 0 Å². The summed E-state index contributed by atoms with van der Waals surface area (Å²) in [5, 5.41) is 0. The molecule has 5 nitrogen and oxygen atoms in total. The Morgan fingerprint density at radius 1 is 1.30 bits per heavy atom. The first-order valence-corrected chi connectivity index (χ1v) is 7.96. The van der Waals surface area contributed by atoms with E-state index in [2.05, 4.69) is 9.88 Å². The highest BCUT2D eigenvalue weighted by molar-refractivity contribution is 5.15. The number of halogens is 1. The lowest BCUT2D eigenvalue weighted by Gasteiger charge is -2.30. The van der Waals surface area contributed by atoms with Crippen molar-refractivity contribution in [2.75, 3.05) is 13.2 Å². The van der Waals surface area contributed by atoms with Crippen LogP contribution in [-0.2, 0) is 11.3 Å². The van der Waals surface area contributed by atoms with Gasteiger partial charge in [-0.25, -0.2) is 9.37 Å². The van der Waals surface area contributed by atoms with Crippen LogP contribution in [0.5, 0.6) is 5.88 Å². The fraction of sp³-hybridized carbons (Fsp3) is 0.471. The highest BCUT2D eigenvalue weighted by Gasteiger charge is 2.44. The summed E-state index contributed by atoms with van der Waals surface area (Å²) >= 11 is 0. The maximum absolute atomic E-state index is 13.9. The lowest BCUT2D eigenvalue weighted by atomic mass is 10.1. The summed E-state index contributed by atoms with van der Waals surface area (Å²) in [6, 6.07) is 6.95. The summed E-state index contributed by atoms with van der Waals surface area (Å²) in [5.74, 6) is 0.532. The quantitative estimate of drug-likeness (QED) is 0.867. The Bertz CT molecular complexity index is 649. The molecule has 3 atom stereocenters. The van der Waals surface area contributed by atoms with Crippen molar-refractivity contribution in [3.63, 3.8) is 0 Å². The van der Waals surface area contributed by atoms with Gasteiger partial charge in [-0.1, -0.05) is 0 Å². The van der Waals surface area contributed by atoms with Gasteiger partial charge in [0, 0.05) is 18.8 Å². The van der Waals surface area contributed by atoms with Crippen LogP contribution in [0.15, 0.2) is 41.1 Å². The molecule has 4 rings (SSSR count). The first-order chi connectivity index (χ1) is 11.3. The van der Waals surface area contributed by atoms with E-state index in [1.807, 2.05) is 12.1 Å². The molecular weight excluding hydrogens is 299 g/mol. The second-order valence-electron chi connectivity index (χ2n) is 5.98. The standard InChI is InChI=1S/C17H19FN2O3/c18-13-4-1-7-19-17(13)23-16-14-5-6-15(16)22-10-8-20(14)11-12-3-2-9-21-12/h1-4,7,9,14-16H,5-6,8,10-11H2/t14-,15-,16+/m1/s1. The number of pyridine rings is 1. The zero-order chi connectivity index (χ0) is 15.6. The van der Waals surface area contributed by atoms with Gasteiger partial charge < -0.3 is 13.9 Å². The van der Waals surface area contributed by atoms with E-state index in [0.717, 1.165) is 25.1 Å². The number of furan rings is 1. The van der Waals surface area contributed by atoms with Crippen LogP contribution in [0.3, 0.4) is 0 Å². The zero-order valence-electron chi connectivity index (χ0n) is 12.7. The Labute approximate surface area is 134 Å². The van der Waals surface area contributed by atoms with E-state index in [0.29, 0.717) is 13.2 Å². The van der Waals surface area contributed by atoms with Gasteiger partial charge in [0.15, 0.2) is 5.82 Å². The van der Waals surface area contributed by atoms with Gasteiger partial charge in [0.1, 0.15) is 11.9 Å². The third-order valence-corrected chi connectivity index (χ3v) is 4.58. The molecule has 2 aliphatic rings. The van der Waals surface area contributed by atoms with E-state index in [9.17, 15) is 4.39 Å². The Balaban J connectivity index is 1.55. The topological polar surface area (TPSA) is 47.7 Å². The van der Waals surface area contributed by atoms with Crippen LogP contribution in [0.1, 0.15) is 18.6 Å². The molecular formula is C17H19FN2O3. The van der Waals surface area contributed by atoms with Crippen molar-refractivity contribution in [2.45, 2.75) is 37.6 Å². The van der Waals surface area contributed by atoms with Crippen LogP contribution in [-0.4, -0.2) is 41.3 Å². The molecule has 2 aromatic heterocycles. The van der Waals surface area contributed by atoms with Crippen molar-refractivity contribution in [1.29, 1.82) is 0 Å². The predicted octanol–water partition coefficient (Wildman–Crippen LogP) is 2.62. The van der Waals surface area contributed by atoms with Gasteiger partial charge in [-0.3, -0.25) is 4.90 Å². The van der Waals surface area contributed by atoms with Crippen molar-refractivity contribution >= 4 is 0 Å². The summed E-state index contributed by atoms with van der Waals surface area (Å²) in [6.45, 7) is 2.16. The van der Waals surface area contributed by atoms with Crippen LogP contribution < -0.4 is 4.74 Å². The molecule has 2 fully saturated rings. The maximum Gasteiger partial charge on any atom is 0.250 e. The minimum absolute atomic E-state index is 0.0111. The predicted molar refractivity (Wildman–Crippen MR) is 80.5 cm³/mol. The third kappa shape index (κ3) is 2.96. The molecule has 2 bridgehead atoms. The van der Waals surface area contributed by atoms with Crippen molar-refractivity contribution in [1.82, 2.24) is 9.88 Å². The maximum atomic E-state index is 13.9. The van der Waals surface area contributed by atoms with Crippen LogP contribution in [0, 0.1) is 5.82 Å². The van der Waals surface area contributed by atoms with Gasteiger partial charge in [0.25, 0.3) is 5.88 Å². The molecule has 0 radical (unpaired) electrons. The van der Waals surface area contributed by atoms with Crippen LogP contribution in [0.2, 0.25) is 0 Å². The minimum Gasteiger partial charge on any atom is -0.468 e. The number of hydrogen-bond donors (Lipinski definition) is 0. The highest BCUT2D eigenvalue weighted by Crippen LogP contribution is 2.33. The number of rotatable bonds is 4. The second-order valence-corrected chi connectivity index (χ2v) is 5.98. The van der Waals surface area contributed by atoms with Gasteiger partial charge in [0.2, 0.25) is 0 Å². The summed E-state index contributed by atoms with van der Waals surface area (Å²) in [5.41, 5.74) is 0. The zero-order valence-corrected chi connectivity index (χ0v) is 12.7. The van der Waals surface area contributed by atoms with Crippen LogP contribution >= 0.6 is 0 Å². The molecule has 0 aromatic carbocycles. The average molecular weight is 318 g/mol. The second kappa shape index (κ2) is 6.29. The van der Waals surface area contributed by atoms with Crippen molar-refractivity contribution in [3.8, 4) is 5.88 Å². The molecule has 2 aromatic rings. The molecule has 1 saturated heterocycles. The number of nitrogens with zero attached hydrogens (tertiary/aromatic N) is 2. The van der Waals surface area contributed by atoms with Gasteiger partial charge in [-0.2, -0.15) is 0 Å². The SMILES string of the molecule is Fc1cccnc1O[C@H]1[C@H]2CC[C@H]1OCCN2Cc1ccco1. The normalized spacial score (nSPS) is 27.8. The first kappa shape index (κ1) is 14.7. The molecule has 0 amide bonds. The van der Waals surface area contributed by atoms with Gasteiger partial charge in [-0.05, 0) is 37.1 Å². The van der Waals surface area contributed by atoms with E-state index in [1.165, 1.54) is 6.07 Å². The summed E-state index contributed by atoms with van der Waals surface area (Å²) < 4.78 is 31.2. The summed E-state index contributed by atoms with van der Waals surface area (Å²) in [6.07, 6.45) is 4.87. The number of ether oxygens (including phenoxy) is 2. The Morgan fingerprint density at radius 2 is 2.26 bits per heavy atom. The molecule has 1 saturated carbocycles. The fourth-order valence-corrected chi connectivity index (χ4v) is 3.51. The van der Waals surface area contributed by atoms with Crippen molar-refractivity contribution in [2.24, 2.45) is 0 Å². The fourth-order valence-electron chi connectivity index (χ4n) is 3.51. The Kier molecular flexibility index (Phi) is 4.01. The monoisotopic (exact) mass is 318 g/mol. The molecule has 0 N–H and O–H groups in total. The molecule has 6 heteroatoms. The average Bonchev–Trinajstić information content (AvgIpc) is 3.14. The molecule has 3 heterocycles. The van der Waals surface area contributed by atoms with Gasteiger partial charge >= 0.3 is 0 Å². The molecule has 0 unspecified atom stereocenters. The van der Waals surface area contributed by atoms with Crippen molar-refractivity contribution < 1.29 is 18.3 Å². The molecule has 1 aliphatic heterocycles. The van der Waals surface area contributed by atoms with E-state index >= 15 is 0 Å². The van der Waals surface area contributed by atoms with E-state index < -0.39 is 5.82 Å². The third-order valence-electron chi connectivity index (χ3n) is 4.58. The Hall–Kier alpha value is -1.92. The van der Waals surface area contributed by atoms with E-state index in [4.69, 9.17) is 13.9 Å². The highest BCUT2D eigenvalue weighted by atomic mass is 19.1. The lowest BCUT2D eigenvalue weighted by Crippen LogP contribution is -2.44. The first-order valence-electron chi connectivity index (χ1n) is 7.96. The lowest BCUT2D eigenvalue weighted by molar-refractivity contribution is 0.0000824. The molecule has 23 heavy (non-hydrogen) atoms. The number of aromatic nitrogens is 1. The van der Waals surface area contributed by atoms with Crippen molar-refractivity contribution in [3.05, 3.63) is 48.3 Å². The number of fused-ring (bicyclic) bond motifs is 2. The van der Waals surface area contributed by atoms with Gasteiger partial charge in [-0.15, -0.1) is 0 Å². The van der Waals surface area contributed by atoms with Crippen LogP contribution in [0.4, 0.5) is 4.39 Å². The largest absolute Gasteiger partial charge is 0.468 e. The summed E-state index contributed by atoms with van der Waals surface area (Å²) in [7, 11) is 0. The number of hydrogen-bond acceptors (Lipinski definition) is 5. The van der Waals surface area contributed by atoms with E-state index in [1.54, 1.807) is 18.5 Å². The molecule has 1 aliphatic carbocycles. The summed E-state index contributed by atoms with van der Waals surface area (Å²) in [4.78, 5) is 6.31. The minimum atomic E-state index is -0.436. The van der Waals surface area contributed by atoms with E-state index in [-0.39, 0.29) is 24.1 Å². The molecule has 0 spiro atoms. The smallest absolute Gasteiger partial charge is 0.250 e. The van der Waals surface area contributed by atoms with Gasteiger partial charge in [0.05, 0.1) is 25.5 Å². The Morgan fingerprint density at radius 3 is 3.09 bits per heavy atom.